The number of esters is 1. The summed E-state index contributed by atoms with van der Waals surface area (Å²) < 4.78 is 9.41. The Bertz CT molecular complexity index is 874. The summed E-state index contributed by atoms with van der Waals surface area (Å²) in [7, 11) is 1.96. The van der Waals surface area contributed by atoms with E-state index in [2.05, 4.69) is 23.7 Å². The number of benzene rings is 1. The van der Waals surface area contributed by atoms with Gasteiger partial charge in [-0.25, -0.2) is 9.78 Å². The van der Waals surface area contributed by atoms with Crippen LogP contribution >= 0.6 is 0 Å². The van der Waals surface area contributed by atoms with E-state index in [1.807, 2.05) is 47.2 Å². The molecule has 3 aromatic rings. The van der Waals surface area contributed by atoms with Gasteiger partial charge in [0.2, 0.25) is 5.78 Å². The lowest BCUT2D eigenvalue weighted by molar-refractivity contribution is 0.0458. The van der Waals surface area contributed by atoms with Crippen molar-refractivity contribution in [3.05, 3.63) is 35.7 Å². The maximum absolute atomic E-state index is 12.6. The molecule has 0 bridgehead atoms. The quantitative estimate of drug-likeness (QED) is 0.653. The zero-order chi connectivity index (χ0) is 17.3. The van der Waals surface area contributed by atoms with E-state index in [4.69, 9.17) is 4.74 Å². The van der Waals surface area contributed by atoms with Crippen molar-refractivity contribution in [2.45, 2.75) is 20.8 Å². The van der Waals surface area contributed by atoms with Crippen LogP contribution in [-0.2, 0) is 11.8 Å². The number of fused-ring (bicyclic) bond motifs is 3. The molecule has 2 aromatic heterocycles. The zero-order valence-electron chi connectivity index (χ0n) is 14.7. The Balaban J connectivity index is 1.93. The van der Waals surface area contributed by atoms with E-state index in [0.29, 0.717) is 18.0 Å². The van der Waals surface area contributed by atoms with Gasteiger partial charge in [0, 0.05) is 13.6 Å². The highest BCUT2D eigenvalue weighted by Gasteiger charge is 2.22. The van der Waals surface area contributed by atoms with Crippen molar-refractivity contribution < 1.29 is 9.53 Å². The number of carbonyl (C=O) groups is 1. The van der Waals surface area contributed by atoms with Crippen molar-refractivity contribution in [1.82, 2.24) is 18.9 Å². The average Bonchev–Trinajstić information content (AvgIpc) is 3.07. The van der Waals surface area contributed by atoms with Gasteiger partial charge in [-0.2, -0.15) is 0 Å². The maximum Gasteiger partial charge on any atom is 0.357 e. The number of carbonyl (C=O) groups excluding carboxylic acids is 1. The molecule has 3 rings (SSSR count). The van der Waals surface area contributed by atoms with Crippen LogP contribution in [0.5, 0.6) is 0 Å². The first-order valence-corrected chi connectivity index (χ1v) is 8.40. The lowest BCUT2D eigenvalue weighted by Gasteiger charge is -2.17. The molecule has 0 aliphatic heterocycles. The number of hydrogen-bond acceptors (Lipinski definition) is 4. The van der Waals surface area contributed by atoms with Gasteiger partial charge in [-0.05, 0) is 32.1 Å². The minimum atomic E-state index is -0.316. The minimum Gasteiger partial charge on any atom is -0.460 e. The molecule has 2 heterocycles. The molecule has 0 N–H and O–H groups in total. The van der Waals surface area contributed by atoms with Gasteiger partial charge in [-0.1, -0.05) is 26.0 Å². The van der Waals surface area contributed by atoms with Crippen LogP contribution < -0.4 is 0 Å². The topological polar surface area (TPSA) is 51.8 Å². The molecule has 0 aliphatic rings. The fraction of sp³-hybridized carbons (Fsp3) is 0.444. The van der Waals surface area contributed by atoms with Gasteiger partial charge in [0.25, 0.3) is 0 Å². The second-order valence-corrected chi connectivity index (χ2v) is 5.89. The van der Waals surface area contributed by atoms with Crippen LogP contribution in [0.2, 0.25) is 0 Å². The van der Waals surface area contributed by atoms with Crippen LogP contribution in [0, 0.1) is 6.92 Å². The van der Waals surface area contributed by atoms with Gasteiger partial charge in [-0.3, -0.25) is 4.40 Å². The third-order valence-corrected chi connectivity index (χ3v) is 4.55. The first kappa shape index (κ1) is 16.5. The number of nitrogens with zero attached hydrogens (tertiary/aromatic N) is 4. The summed E-state index contributed by atoms with van der Waals surface area (Å²) in [5, 5.41) is 0. The molecule has 0 saturated carbocycles. The van der Waals surface area contributed by atoms with E-state index in [1.54, 1.807) is 0 Å². The third kappa shape index (κ3) is 2.67. The molecular formula is C18H24N4O2. The number of rotatable bonds is 6. The summed E-state index contributed by atoms with van der Waals surface area (Å²) in [6, 6.07) is 7.97. The fourth-order valence-corrected chi connectivity index (χ4v) is 3.13. The monoisotopic (exact) mass is 328 g/mol. The van der Waals surface area contributed by atoms with Crippen molar-refractivity contribution >= 4 is 22.8 Å². The molecule has 0 spiro atoms. The normalized spacial score (nSPS) is 11.7. The van der Waals surface area contributed by atoms with Crippen LogP contribution in [0.4, 0.5) is 0 Å². The van der Waals surface area contributed by atoms with Crippen LogP contribution in [-0.4, -0.2) is 51.1 Å². The molecule has 0 saturated heterocycles. The van der Waals surface area contributed by atoms with Crippen molar-refractivity contribution in [3.8, 4) is 0 Å². The Morgan fingerprint density at radius 3 is 2.54 bits per heavy atom. The van der Waals surface area contributed by atoms with E-state index < -0.39 is 0 Å². The lowest BCUT2D eigenvalue weighted by atomic mass is 10.3. The largest absolute Gasteiger partial charge is 0.460 e. The average molecular weight is 328 g/mol. The Morgan fingerprint density at radius 2 is 1.88 bits per heavy atom. The molecule has 128 valence electrons. The summed E-state index contributed by atoms with van der Waals surface area (Å²) in [6.07, 6.45) is 0. The third-order valence-electron chi connectivity index (χ3n) is 4.55. The summed E-state index contributed by atoms with van der Waals surface area (Å²) in [6.45, 7) is 9.09. The molecule has 1 aromatic carbocycles. The predicted molar refractivity (Wildman–Crippen MR) is 94.5 cm³/mol. The molecule has 0 amide bonds. The van der Waals surface area contributed by atoms with Gasteiger partial charge in [-0.15, -0.1) is 0 Å². The van der Waals surface area contributed by atoms with Gasteiger partial charge in [0.15, 0.2) is 5.69 Å². The van der Waals surface area contributed by atoms with Crippen LogP contribution in [0.25, 0.3) is 16.8 Å². The summed E-state index contributed by atoms with van der Waals surface area (Å²) >= 11 is 0. The van der Waals surface area contributed by atoms with Gasteiger partial charge in [0.1, 0.15) is 6.61 Å². The van der Waals surface area contributed by atoms with Crippen molar-refractivity contribution in [1.29, 1.82) is 0 Å². The van der Waals surface area contributed by atoms with Crippen molar-refractivity contribution in [3.63, 3.8) is 0 Å². The number of hydrogen-bond donors (Lipinski definition) is 0. The predicted octanol–water partition coefficient (Wildman–Crippen LogP) is 2.63. The lowest BCUT2D eigenvalue weighted by Crippen LogP contribution is -2.28. The molecule has 6 nitrogen and oxygen atoms in total. The first-order valence-electron chi connectivity index (χ1n) is 8.40. The Labute approximate surface area is 141 Å². The van der Waals surface area contributed by atoms with E-state index in [-0.39, 0.29) is 5.97 Å². The highest BCUT2D eigenvalue weighted by atomic mass is 16.5. The molecule has 6 heteroatoms. The van der Waals surface area contributed by atoms with E-state index in [1.165, 1.54) is 0 Å². The summed E-state index contributed by atoms with van der Waals surface area (Å²) in [5.41, 5.74) is 3.21. The molecule has 0 fully saturated rings. The number of imidazole rings is 2. The van der Waals surface area contributed by atoms with Crippen LogP contribution in [0.1, 0.15) is 30.0 Å². The van der Waals surface area contributed by atoms with Crippen molar-refractivity contribution in [2.24, 2.45) is 7.05 Å². The second kappa shape index (κ2) is 6.65. The van der Waals surface area contributed by atoms with Gasteiger partial charge >= 0.3 is 5.97 Å². The van der Waals surface area contributed by atoms with Gasteiger partial charge < -0.3 is 14.2 Å². The molecule has 0 atom stereocenters. The Kier molecular flexibility index (Phi) is 4.57. The molecule has 0 unspecified atom stereocenters. The highest BCUT2D eigenvalue weighted by Crippen LogP contribution is 2.23. The second-order valence-electron chi connectivity index (χ2n) is 5.89. The molecule has 0 radical (unpaired) electrons. The number of likely N-dealkylation sites (N-methyl/N-ethyl adjacent to an activating group) is 1. The minimum absolute atomic E-state index is 0.316. The Morgan fingerprint density at radius 1 is 1.21 bits per heavy atom. The van der Waals surface area contributed by atoms with Crippen molar-refractivity contribution in [2.75, 3.05) is 26.2 Å². The number of aromatic nitrogens is 3. The molecule has 24 heavy (non-hydrogen) atoms. The van der Waals surface area contributed by atoms with Crippen LogP contribution in [0.3, 0.4) is 0 Å². The number of ether oxygens (including phenoxy) is 1. The SMILES string of the molecule is CCN(CC)CCOC(=O)c1c(C)nc2n(C)c3ccccc3n12. The van der Waals surface area contributed by atoms with Crippen LogP contribution in [0.15, 0.2) is 24.3 Å². The first-order chi connectivity index (χ1) is 11.6. The number of para-hydroxylation sites is 2. The van der Waals surface area contributed by atoms with E-state index >= 15 is 0 Å². The zero-order valence-corrected chi connectivity index (χ0v) is 14.7. The summed E-state index contributed by atoms with van der Waals surface area (Å²) in [4.78, 5) is 19.4. The van der Waals surface area contributed by atoms with Gasteiger partial charge in [0.05, 0.1) is 16.7 Å². The summed E-state index contributed by atoms with van der Waals surface area (Å²) in [5.74, 6) is 0.438. The smallest absolute Gasteiger partial charge is 0.357 e. The van der Waals surface area contributed by atoms with E-state index in [9.17, 15) is 4.79 Å². The van der Waals surface area contributed by atoms with E-state index in [0.717, 1.165) is 36.4 Å². The Hall–Kier alpha value is -2.34. The highest BCUT2D eigenvalue weighted by molar-refractivity contribution is 5.93. The maximum atomic E-state index is 12.6. The number of aryl methyl sites for hydroxylation is 2. The molecule has 0 aliphatic carbocycles. The fourth-order valence-electron chi connectivity index (χ4n) is 3.13. The standard InChI is InChI=1S/C18H24N4O2/c1-5-21(6-2)11-12-24-17(23)16-13(3)19-18-20(4)14-9-7-8-10-15(14)22(16)18/h7-10H,5-6,11-12H2,1-4H3. The molecular weight excluding hydrogens is 304 g/mol.